The van der Waals surface area contributed by atoms with Gasteiger partial charge in [0, 0.05) is 0 Å². The Bertz CT molecular complexity index is 892. The molecule has 0 amide bonds. The highest BCUT2D eigenvalue weighted by atomic mass is 32.2. The van der Waals surface area contributed by atoms with Crippen molar-refractivity contribution < 1.29 is 4.42 Å². The van der Waals surface area contributed by atoms with E-state index in [0.717, 1.165) is 33.2 Å². The first-order chi connectivity index (χ1) is 10.3. The maximum absolute atomic E-state index is 5.71. The highest BCUT2D eigenvalue weighted by molar-refractivity contribution is 7.98. The van der Waals surface area contributed by atoms with Crippen molar-refractivity contribution in [3.63, 3.8) is 0 Å². The third kappa shape index (κ3) is 2.40. The van der Waals surface area contributed by atoms with Gasteiger partial charge in [0.05, 0.1) is 16.8 Å². The summed E-state index contributed by atoms with van der Waals surface area (Å²) in [6, 6.07) is 14.0. The van der Waals surface area contributed by atoms with E-state index in [4.69, 9.17) is 4.42 Å². The van der Waals surface area contributed by atoms with Gasteiger partial charge >= 0.3 is 0 Å². The Hall–Kier alpha value is -2.27. The average Bonchev–Trinajstić information content (AvgIpc) is 3.07. The zero-order chi connectivity index (χ0) is 14.2. The minimum atomic E-state index is 0.660. The zero-order valence-corrected chi connectivity index (χ0v) is 12.3. The van der Waals surface area contributed by atoms with E-state index in [1.165, 1.54) is 5.56 Å². The number of rotatable bonds is 3. The number of oxazole rings is 1. The molecule has 0 saturated heterocycles. The number of thioether (sulfide) groups is 1. The van der Waals surface area contributed by atoms with E-state index in [9.17, 15) is 0 Å². The number of H-pyrrole nitrogens is 1. The third-order valence-corrected chi connectivity index (χ3v) is 4.14. The van der Waals surface area contributed by atoms with Gasteiger partial charge in [-0.15, -0.1) is 0 Å². The molecular formula is C16H13N3OS. The van der Waals surface area contributed by atoms with E-state index in [1.807, 2.05) is 30.3 Å². The van der Waals surface area contributed by atoms with Crippen LogP contribution in [0.4, 0.5) is 0 Å². The third-order valence-electron chi connectivity index (χ3n) is 3.29. The van der Waals surface area contributed by atoms with Gasteiger partial charge < -0.3 is 9.40 Å². The number of para-hydroxylation sites is 2. The maximum Gasteiger partial charge on any atom is 0.205 e. The highest BCUT2D eigenvalue weighted by Crippen LogP contribution is 2.25. The minimum Gasteiger partial charge on any atom is -0.440 e. The summed E-state index contributed by atoms with van der Waals surface area (Å²) in [5.74, 6) is 1.38. The first-order valence-corrected chi connectivity index (χ1v) is 7.70. The van der Waals surface area contributed by atoms with Crippen LogP contribution in [0.3, 0.4) is 0 Å². The van der Waals surface area contributed by atoms with Crippen molar-refractivity contribution in [1.29, 1.82) is 0 Å². The quantitative estimate of drug-likeness (QED) is 0.572. The smallest absolute Gasteiger partial charge is 0.205 e. The lowest BCUT2D eigenvalue weighted by Gasteiger charge is -1.92. The van der Waals surface area contributed by atoms with Crippen LogP contribution in [-0.4, -0.2) is 15.0 Å². The van der Waals surface area contributed by atoms with E-state index in [2.05, 4.69) is 34.0 Å². The molecular weight excluding hydrogens is 282 g/mol. The van der Waals surface area contributed by atoms with Crippen LogP contribution in [0.15, 0.2) is 52.0 Å². The molecule has 0 aliphatic carbocycles. The Morgan fingerprint density at radius 3 is 2.90 bits per heavy atom. The number of imidazole rings is 1. The van der Waals surface area contributed by atoms with Crippen LogP contribution in [0, 0.1) is 6.92 Å². The standard InChI is InChI=1S/C16H13N3OS/c1-10-6-7-11-13(8-10)19-16(18-11)21-9-15-17-12-4-2-3-5-14(12)20-15/h2-8H,9H2,1H3,(H,18,19). The van der Waals surface area contributed by atoms with Crippen molar-refractivity contribution >= 4 is 33.9 Å². The summed E-state index contributed by atoms with van der Waals surface area (Å²) < 4.78 is 5.71. The highest BCUT2D eigenvalue weighted by Gasteiger charge is 2.08. The molecule has 21 heavy (non-hydrogen) atoms. The van der Waals surface area contributed by atoms with Crippen LogP contribution in [0.2, 0.25) is 0 Å². The summed E-state index contributed by atoms with van der Waals surface area (Å²) in [5, 5.41) is 0.887. The Labute approximate surface area is 125 Å². The molecule has 2 aromatic heterocycles. The Kier molecular flexibility index (Phi) is 2.93. The van der Waals surface area contributed by atoms with Crippen LogP contribution >= 0.6 is 11.8 Å². The SMILES string of the molecule is Cc1ccc2nc(SCc3nc4ccccc4o3)[nH]c2c1. The molecule has 104 valence electrons. The topological polar surface area (TPSA) is 54.7 Å². The summed E-state index contributed by atoms with van der Waals surface area (Å²) in [5.41, 5.74) is 5.00. The van der Waals surface area contributed by atoms with Crippen LogP contribution in [-0.2, 0) is 5.75 Å². The normalized spacial score (nSPS) is 11.5. The summed E-state index contributed by atoms with van der Waals surface area (Å²) in [6.45, 7) is 2.07. The predicted octanol–water partition coefficient (Wildman–Crippen LogP) is 4.30. The number of fused-ring (bicyclic) bond motifs is 2. The number of benzene rings is 2. The van der Waals surface area contributed by atoms with Crippen molar-refractivity contribution in [3.05, 3.63) is 53.9 Å². The van der Waals surface area contributed by atoms with Gasteiger partial charge in [0.15, 0.2) is 10.7 Å². The number of aryl methyl sites for hydroxylation is 1. The Balaban J connectivity index is 1.57. The van der Waals surface area contributed by atoms with E-state index in [0.29, 0.717) is 5.75 Å². The fraction of sp³-hybridized carbons (Fsp3) is 0.125. The van der Waals surface area contributed by atoms with Crippen molar-refractivity contribution in [2.45, 2.75) is 17.8 Å². The van der Waals surface area contributed by atoms with E-state index < -0.39 is 0 Å². The van der Waals surface area contributed by atoms with Gasteiger partial charge in [-0.1, -0.05) is 30.0 Å². The van der Waals surface area contributed by atoms with Crippen molar-refractivity contribution in [3.8, 4) is 0 Å². The van der Waals surface area contributed by atoms with Crippen LogP contribution < -0.4 is 0 Å². The van der Waals surface area contributed by atoms with Gasteiger partial charge in [0.25, 0.3) is 0 Å². The summed E-state index contributed by atoms with van der Waals surface area (Å²) in [7, 11) is 0. The molecule has 0 radical (unpaired) electrons. The molecule has 4 rings (SSSR count). The molecule has 0 atom stereocenters. The van der Waals surface area contributed by atoms with E-state index in [-0.39, 0.29) is 0 Å². The Morgan fingerprint density at radius 2 is 2.00 bits per heavy atom. The van der Waals surface area contributed by atoms with Crippen LogP contribution in [0.25, 0.3) is 22.1 Å². The van der Waals surface area contributed by atoms with E-state index in [1.54, 1.807) is 11.8 Å². The number of aromatic nitrogens is 3. The van der Waals surface area contributed by atoms with E-state index >= 15 is 0 Å². The van der Waals surface area contributed by atoms with Crippen molar-refractivity contribution in [1.82, 2.24) is 15.0 Å². The number of aromatic amines is 1. The lowest BCUT2D eigenvalue weighted by Crippen LogP contribution is -1.81. The molecule has 0 aliphatic heterocycles. The van der Waals surface area contributed by atoms with Crippen LogP contribution in [0.1, 0.15) is 11.5 Å². The fourth-order valence-corrected chi connectivity index (χ4v) is 3.01. The molecule has 5 heteroatoms. The first-order valence-electron chi connectivity index (χ1n) is 6.71. The number of nitrogens with zero attached hydrogens (tertiary/aromatic N) is 2. The fourth-order valence-electron chi connectivity index (χ4n) is 2.28. The van der Waals surface area contributed by atoms with Crippen LogP contribution in [0.5, 0.6) is 0 Å². The lowest BCUT2D eigenvalue weighted by molar-refractivity contribution is 0.556. The Morgan fingerprint density at radius 1 is 1.10 bits per heavy atom. The molecule has 0 spiro atoms. The molecule has 1 N–H and O–H groups in total. The molecule has 2 aromatic carbocycles. The molecule has 0 saturated carbocycles. The monoisotopic (exact) mass is 295 g/mol. The summed E-state index contributed by atoms with van der Waals surface area (Å²) >= 11 is 1.60. The second-order valence-electron chi connectivity index (χ2n) is 4.93. The average molecular weight is 295 g/mol. The largest absolute Gasteiger partial charge is 0.440 e. The molecule has 4 nitrogen and oxygen atoms in total. The second-order valence-corrected chi connectivity index (χ2v) is 5.89. The lowest BCUT2D eigenvalue weighted by atomic mass is 10.2. The molecule has 0 fully saturated rings. The zero-order valence-electron chi connectivity index (χ0n) is 11.5. The molecule has 0 bridgehead atoms. The number of hydrogen-bond donors (Lipinski definition) is 1. The van der Waals surface area contributed by atoms with Crippen molar-refractivity contribution in [2.24, 2.45) is 0 Å². The number of nitrogens with one attached hydrogen (secondary N) is 1. The summed E-state index contributed by atoms with van der Waals surface area (Å²) in [4.78, 5) is 12.4. The number of hydrogen-bond acceptors (Lipinski definition) is 4. The molecule has 0 unspecified atom stereocenters. The van der Waals surface area contributed by atoms with Gasteiger partial charge in [-0.3, -0.25) is 0 Å². The predicted molar refractivity (Wildman–Crippen MR) is 84.4 cm³/mol. The molecule has 2 heterocycles. The van der Waals surface area contributed by atoms with Gasteiger partial charge in [0.2, 0.25) is 5.89 Å². The second kappa shape index (κ2) is 4.93. The van der Waals surface area contributed by atoms with Gasteiger partial charge in [-0.25, -0.2) is 9.97 Å². The molecule has 4 aromatic rings. The maximum atomic E-state index is 5.71. The van der Waals surface area contributed by atoms with Gasteiger partial charge in [-0.2, -0.15) is 0 Å². The first kappa shape index (κ1) is 12.5. The molecule has 0 aliphatic rings. The summed E-state index contributed by atoms with van der Waals surface area (Å²) in [6.07, 6.45) is 0. The van der Waals surface area contributed by atoms with Gasteiger partial charge in [-0.05, 0) is 36.8 Å². The minimum absolute atomic E-state index is 0.660. The van der Waals surface area contributed by atoms with Gasteiger partial charge in [0.1, 0.15) is 5.52 Å². The van der Waals surface area contributed by atoms with Crippen molar-refractivity contribution in [2.75, 3.05) is 0 Å².